The lowest BCUT2D eigenvalue weighted by Gasteiger charge is -2.16. The summed E-state index contributed by atoms with van der Waals surface area (Å²) < 4.78 is 9.32. The molecule has 0 rings (SSSR count). The molecule has 15 heavy (non-hydrogen) atoms. The van der Waals surface area contributed by atoms with Crippen LogP contribution < -0.4 is 0 Å². The van der Waals surface area contributed by atoms with Crippen molar-refractivity contribution in [1.82, 2.24) is 0 Å². The monoisotopic (exact) mass is 258 g/mol. The molecule has 0 aromatic rings. The highest BCUT2D eigenvalue weighted by Crippen LogP contribution is 2.46. The maximum absolute atomic E-state index is 9.11. The lowest BCUT2D eigenvalue weighted by Crippen LogP contribution is -2.06. The Morgan fingerprint density at radius 3 is 2.33 bits per heavy atom. The van der Waals surface area contributed by atoms with E-state index in [1.807, 2.05) is 0 Å². The first-order valence-corrected chi connectivity index (χ1v) is 7.37. The largest absolute Gasteiger partial charge is 0.337 e. The van der Waals surface area contributed by atoms with Crippen molar-refractivity contribution in [1.29, 1.82) is 0 Å². The molecule has 0 aromatic carbocycles. The van der Waals surface area contributed by atoms with Gasteiger partial charge in [-0.2, -0.15) is 0 Å². The molecule has 0 fully saturated rings. The molecule has 0 aromatic heterocycles. The molecule has 0 spiro atoms. The molecule has 2 unspecified atom stereocenters. The predicted molar refractivity (Wildman–Crippen MR) is 60.8 cm³/mol. The molecular formula is C8H20O5P2. The molecule has 3 N–H and O–H groups in total. The molecule has 0 bridgehead atoms. The smallest absolute Gasteiger partial charge is 0.328 e. The van der Waals surface area contributed by atoms with E-state index in [0.29, 0.717) is 12.5 Å². The highest BCUT2D eigenvalue weighted by molar-refractivity contribution is 7.54. The van der Waals surface area contributed by atoms with Gasteiger partial charge in [0, 0.05) is 0 Å². The van der Waals surface area contributed by atoms with E-state index in [9.17, 15) is 0 Å². The zero-order chi connectivity index (χ0) is 11.7. The third-order valence-corrected chi connectivity index (χ3v) is 3.62. The van der Waals surface area contributed by atoms with Crippen LogP contribution in [0.2, 0.25) is 0 Å². The van der Waals surface area contributed by atoms with E-state index in [1.165, 1.54) is 0 Å². The van der Waals surface area contributed by atoms with Crippen molar-refractivity contribution in [2.75, 3.05) is 6.61 Å². The fourth-order valence-electron chi connectivity index (χ4n) is 1.15. The summed E-state index contributed by atoms with van der Waals surface area (Å²) in [7, 11) is -4.68. The topological polar surface area (TPSA) is 79.2 Å². The minimum Gasteiger partial charge on any atom is -0.328 e. The molecule has 0 saturated carbocycles. The Hall–Kier alpha value is 0.660. The number of unbranched alkanes of at least 4 members (excludes halogenated alkanes) is 1. The molecular weight excluding hydrogens is 238 g/mol. The van der Waals surface area contributed by atoms with Gasteiger partial charge in [-0.15, -0.1) is 0 Å². The van der Waals surface area contributed by atoms with Gasteiger partial charge in [0.1, 0.15) is 0 Å². The molecule has 92 valence electrons. The van der Waals surface area contributed by atoms with Gasteiger partial charge in [-0.1, -0.05) is 33.1 Å². The lowest BCUT2D eigenvalue weighted by molar-refractivity contribution is 0.199. The summed E-state index contributed by atoms with van der Waals surface area (Å²) in [4.78, 5) is 26.0. The Morgan fingerprint density at radius 2 is 1.87 bits per heavy atom. The van der Waals surface area contributed by atoms with Crippen LogP contribution in [0.1, 0.15) is 39.5 Å². The van der Waals surface area contributed by atoms with Crippen LogP contribution in [-0.2, 0) is 8.83 Å². The fourth-order valence-corrected chi connectivity index (χ4v) is 2.18. The van der Waals surface area contributed by atoms with E-state index in [2.05, 4.69) is 18.2 Å². The van der Waals surface area contributed by atoms with Crippen LogP contribution in [0.15, 0.2) is 0 Å². The molecule has 7 heteroatoms. The summed E-state index contributed by atoms with van der Waals surface area (Å²) in [5.41, 5.74) is 0. The summed E-state index contributed by atoms with van der Waals surface area (Å²) >= 11 is 0. The van der Waals surface area contributed by atoms with Gasteiger partial charge in [0.05, 0.1) is 6.61 Å². The standard InChI is InChI=1S/C8H20O5P2/c1-3-5-6-8(4-2)7-12-15(11)13-14(9)10/h8-11H,3-7H2,1-2H3. The number of hydrogen-bond acceptors (Lipinski definition) is 5. The Kier molecular flexibility index (Phi) is 10.3. The first kappa shape index (κ1) is 15.7. The van der Waals surface area contributed by atoms with E-state index in [4.69, 9.17) is 19.2 Å². The molecule has 0 saturated heterocycles. The highest BCUT2D eigenvalue weighted by atomic mass is 31.2. The van der Waals surface area contributed by atoms with Gasteiger partial charge in [-0.25, -0.2) is 4.31 Å². The summed E-state index contributed by atoms with van der Waals surface area (Å²) in [5.74, 6) is 0.398. The van der Waals surface area contributed by atoms with E-state index in [0.717, 1.165) is 25.7 Å². The van der Waals surface area contributed by atoms with Crippen molar-refractivity contribution < 1.29 is 23.5 Å². The first-order chi connectivity index (χ1) is 7.10. The van der Waals surface area contributed by atoms with E-state index < -0.39 is 17.2 Å². The van der Waals surface area contributed by atoms with Crippen LogP contribution in [0.5, 0.6) is 0 Å². The second-order valence-corrected chi connectivity index (χ2v) is 5.18. The zero-order valence-electron chi connectivity index (χ0n) is 9.17. The van der Waals surface area contributed by atoms with Gasteiger partial charge >= 0.3 is 17.2 Å². The minimum atomic E-state index is -2.53. The fraction of sp³-hybridized carbons (Fsp3) is 1.00. The highest BCUT2D eigenvalue weighted by Gasteiger charge is 2.15. The van der Waals surface area contributed by atoms with Gasteiger partial charge in [-0.3, -0.25) is 0 Å². The second-order valence-electron chi connectivity index (χ2n) is 3.28. The van der Waals surface area contributed by atoms with Gasteiger partial charge in [-0.05, 0) is 12.3 Å². The van der Waals surface area contributed by atoms with E-state index in [1.54, 1.807) is 0 Å². The molecule has 0 aliphatic carbocycles. The summed E-state index contributed by atoms with van der Waals surface area (Å²) in [5, 5.41) is 0. The van der Waals surface area contributed by atoms with Crippen molar-refractivity contribution in [2.45, 2.75) is 39.5 Å². The maximum atomic E-state index is 9.11. The lowest BCUT2D eigenvalue weighted by atomic mass is 10.0. The van der Waals surface area contributed by atoms with E-state index >= 15 is 0 Å². The minimum absolute atomic E-state index is 0.398. The third kappa shape index (κ3) is 9.58. The number of rotatable bonds is 9. The van der Waals surface area contributed by atoms with Crippen molar-refractivity contribution in [2.24, 2.45) is 5.92 Å². The Labute approximate surface area is 93.4 Å². The molecule has 2 atom stereocenters. The molecule has 0 aliphatic heterocycles. The van der Waals surface area contributed by atoms with Crippen LogP contribution in [0.3, 0.4) is 0 Å². The molecule has 0 radical (unpaired) electrons. The van der Waals surface area contributed by atoms with Crippen molar-refractivity contribution in [3.8, 4) is 0 Å². The van der Waals surface area contributed by atoms with Crippen LogP contribution >= 0.6 is 17.2 Å². The zero-order valence-corrected chi connectivity index (χ0v) is 11.0. The molecule has 0 heterocycles. The maximum Gasteiger partial charge on any atom is 0.337 e. The predicted octanol–water partition coefficient (Wildman–Crippen LogP) is 2.67. The summed E-state index contributed by atoms with van der Waals surface area (Å²) in [6.07, 6.45) is 4.32. The van der Waals surface area contributed by atoms with Crippen LogP contribution in [-0.4, -0.2) is 21.3 Å². The third-order valence-electron chi connectivity index (χ3n) is 2.11. The SMILES string of the molecule is CCCCC(CC)COP(O)OP(O)O. The van der Waals surface area contributed by atoms with Gasteiger partial charge in [0.15, 0.2) is 0 Å². The van der Waals surface area contributed by atoms with Crippen molar-refractivity contribution in [3.05, 3.63) is 0 Å². The van der Waals surface area contributed by atoms with E-state index in [-0.39, 0.29) is 0 Å². The Morgan fingerprint density at radius 1 is 1.20 bits per heavy atom. The van der Waals surface area contributed by atoms with Crippen molar-refractivity contribution in [3.63, 3.8) is 0 Å². The summed E-state index contributed by atoms with van der Waals surface area (Å²) in [6.45, 7) is 4.59. The van der Waals surface area contributed by atoms with Gasteiger partial charge in [0.2, 0.25) is 0 Å². The normalized spacial score (nSPS) is 15.6. The van der Waals surface area contributed by atoms with Gasteiger partial charge < -0.3 is 19.2 Å². The van der Waals surface area contributed by atoms with Crippen LogP contribution in [0, 0.1) is 5.92 Å². The quantitative estimate of drug-likeness (QED) is 0.554. The molecule has 0 aliphatic rings. The average Bonchev–Trinajstić information content (AvgIpc) is 2.17. The van der Waals surface area contributed by atoms with Crippen molar-refractivity contribution >= 4 is 17.2 Å². The molecule has 0 amide bonds. The summed E-state index contributed by atoms with van der Waals surface area (Å²) in [6, 6.07) is 0. The Balaban J connectivity index is 3.60. The average molecular weight is 258 g/mol. The number of hydrogen-bond donors (Lipinski definition) is 3. The second kappa shape index (κ2) is 9.86. The van der Waals surface area contributed by atoms with Crippen LogP contribution in [0.4, 0.5) is 0 Å². The Bertz CT molecular complexity index is 147. The first-order valence-electron chi connectivity index (χ1n) is 5.08. The molecule has 5 nitrogen and oxygen atoms in total. The van der Waals surface area contributed by atoms with Crippen LogP contribution in [0.25, 0.3) is 0 Å². The van der Waals surface area contributed by atoms with Gasteiger partial charge in [0.25, 0.3) is 0 Å².